The van der Waals surface area contributed by atoms with E-state index in [2.05, 4.69) is 0 Å². The Kier molecular flexibility index (Phi) is 6.01. The number of methoxy groups -OCH3 is 1. The molecule has 0 saturated carbocycles. The Balaban J connectivity index is 2.15. The Labute approximate surface area is 169 Å². The lowest BCUT2D eigenvalue weighted by atomic mass is 9.94. The third kappa shape index (κ3) is 3.88. The highest BCUT2D eigenvalue weighted by Gasteiger charge is 2.45. The van der Waals surface area contributed by atoms with Crippen molar-refractivity contribution < 1.29 is 23.8 Å². The fourth-order valence-electron chi connectivity index (χ4n) is 3.61. The van der Waals surface area contributed by atoms with Gasteiger partial charge in [0, 0.05) is 12.1 Å². The zero-order valence-electron chi connectivity index (χ0n) is 16.7. The standard InChI is InChI=1S/C23H24FNO4/c1-4-5-12-25-20(15-6-9-17(24)10-7-15)19(22(27)23(25)28)21(26)16-8-11-18(29-3)14(2)13-16/h6-11,13,20,26H,4-5,12H2,1-3H3/b21-19-. The highest BCUT2D eigenvalue weighted by Crippen LogP contribution is 2.40. The molecule has 1 aliphatic rings. The minimum atomic E-state index is -0.760. The number of benzene rings is 2. The first kappa shape index (κ1) is 20.6. The summed E-state index contributed by atoms with van der Waals surface area (Å²) in [5, 5.41) is 11.0. The van der Waals surface area contributed by atoms with Gasteiger partial charge in [0.05, 0.1) is 18.7 Å². The minimum absolute atomic E-state index is 0.0160. The quantitative estimate of drug-likeness (QED) is 0.447. The highest BCUT2D eigenvalue weighted by molar-refractivity contribution is 6.46. The first-order valence-corrected chi connectivity index (χ1v) is 9.58. The molecule has 1 atom stereocenters. The third-order valence-corrected chi connectivity index (χ3v) is 5.15. The van der Waals surface area contributed by atoms with Gasteiger partial charge in [-0.2, -0.15) is 0 Å². The van der Waals surface area contributed by atoms with Crippen molar-refractivity contribution in [2.24, 2.45) is 0 Å². The number of aliphatic hydroxyl groups excluding tert-OH is 1. The van der Waals surface area contributed by atoms with Crippen LogP contribution in [0.5, 0.6) is 5.75 Å². The van der Waals surface area contributed by atoms with Crippen LogP contribution in [0, 0.1) is 12.7 Å². The number of aryl methyl sites for hydroxylation is 1. The summed E-state index contributed by atoms with van der Waals surface area (Å²) < 4.78 is 18.7. The van der Waals surface area contributed by atoms with E-state index in [-0.39, 0.29) is 11.3 Å². The Hall–Kier alpha value is -3.15. The second-order valence-corrected chi connectivity index (χ2v) is 7.08. The van der Waals surface area contributed by atoms with Crippen LogP contribution in [0.15, 0.2) is 48.0 Å². The van der Waals surface area contributed by atoms with E-state index in [1.807, 2.05) is 13.8 Å². The van der Waals surface area contributed by atoms with E-state index < -0.39 is 23.5 Å². The molecule has 1 amide bonds. The van der Waals surface area contributed by atoms with Gasteiger partial charge >= 0.3 is 0 Å². The summed E-state index contributed by atoms with van der Waals surface area (Å²) in [6, 6.07) is 9.93. The van der Waals surface area contributed by atoms with E-state index in [0.29, 0.717) is 29.8 Å². The zero-order valence-corrected chi connectivity index (χ0v) is 16.7. The van der Waals surface area contributed by atoms with Gasteiger partial charge in [0.1, 0.15) is 17.3 Å². The normalized spacial score (nSPS) is 18.3. The first-order chi connectivity index (χ1) is 13.9. The number of ketones is 1. The molecule has 6 heteroatoms. The van der Waals surface area contributed by atoms with Crippen LogP contribution >= 0.6 is 0 Å². The monoisotopic (exact) mass is 397 g/mol. The number of likely N-dealkylation sites (tertiary alicyclic amines) is 1. The lowest BCUT2D eigenvalue weighted by Gasteiger charge is -2.25. The molecule has 1 heterocycles. The Bertz CT molecular complexity index is 965. The molecule has 1 N–H and O–H groups in total. The third-order valence-electron chi connectivity index (χ3n) is 5.15. The van der Waals surface area contributed by atoms with Crippen LogP contribution in [-0.2, 0) is 9.59 Å². The molecule has 0 aliphatic carbocycles. The molecule has 1 aliphatic heterocycles. The second kappa shape index (κ2) is 8.47. The number of Topliss-reactive ketones (excluding diaryl/α,β-unsaturated/α-hetero) is 1. The van der Waals surface area contributed by atoms with Crippen molar-refractivity contribution in [1.82, 2.24) is 4.90 Å². The maximum Gasteiger partial charge on any atom is 0.295 e. The van der Waals surface area contributed by atoms with Crippen molar-refractivity contribution in [2.75, 3.05) is 13.7 Å². The molecule has 152 valence electrons. The van der Waals surface area contributed by atoms with Gasteiger partial charge < -0.3 is 14.7 Å². The SMILES string of the molecule is CCCCN1C(=O)C(=O)/C(=C(\O)c2ccc(OC)c(C)c2)C1c1ccc(F)cc1. The molecule has 2 aromatic carbocycles. The summed E-state index contributed by atoms with van der Waals surface area (Å²) in [6.07, 6.45) is 1.56. The van der Waals surface area contributed by atoms with Crippen molar-refractivity contribution >= 4 is 17.4 Å². The predicted octanol–water partition coefficient (Wildman–Crippen LogP) is 4.36. The van der Waals surface area contributed by atoms with Gasteiger partial charge in [-0.05, 0) is 54.8 Å². The average molecular weight is 397 g/mol. The van der Waals surface area contributed by atoms with Crippen LogP contribution in [0.3, 0.4) is 0 Å². The molecule has 0 aromatic heterocycles. The topological polar surface area (TPSA) is 66.8 Å². The van der Waals surface area contributed by atoms with Crippen molar-refractivity contribution in [3.8, 4) is 5.75 Å². The van der Waals surface area contributed by atoms with Crippen molar-refractivity contribution in [3.63, 3.8) is 0 Å². The molecule has 0 bridgehead atoms. The number of hydrogen-bond donors (Lipinski definition) is 1. The number of ether oxygens (including phenoxy) is 1. The Morgan fingerprint density at radius 3 is 2.45 bits per heavy atom. The molecule has 0 radical (unpaired) electrons. The second-order valence-electron chi connectivity index (χ2n) is 7.08. The van der Waals surface area contributed by atoms with E-state index in [4.69, 9.17) is 4.74 Å². The van der Waals surface area contributed by atoms with E-state index in [0.717, 1.165) is 12.0 Å². The summed E-state index contributed by atoms with van der Waals surface area (Å²) in [5.74, 6) is -1.39. The first-order valence-electron chi connectivity index (χ1n) is 9.58. The number of aliphatic hydroxyl groups is 1. The fraction of sp³-hybridized carbons (Fsp3) is 0.304. The molecule has 0 spiro atoms. The molecule has 1 fully saturated rings. The lowest BCUT2D eigenvalue weighted by molar-refractivity contribution is -0.139. The molecular weight excluding hydrogens is 373 g/mol. The van der Waals surface area contributed by atoms with Crippen LogP contribution in [0.1, 0.15) is 42.5 Å². The number of nitrogens with zero attached hydrogens (tertiary/aromatic N) is 1. The number of carbonyl (C=O) groups is 2. The van der Waals surface area contributed by atoms with E-state index in [1.165, 1.54) is 29.2 Å². The Morgan fingerprint density at radius 1 is 1.17 bits per heavy atom. The summed E-state index contributed by atoms with van der Waals surface area (Å²) in [4.78, 5) is 27.0. The number of carbonyl (C=O) groups excluding carboxylic acids is 2. The van der Waals surface area contributed by atoms with Crippen molar-refractivity contribution in [1.29, 1.82) is 0 Å². The number of hydrogen-bond acceptors (Lipinski definition) is 4. The maximum atomic E-state index is 13.4. The molecule has 1 unspecified atom stereocenters. The van der Waals surface area contributed by atoms with Gasteiger partial charge in [0.25, 0.3) is 11.7 Å². The molecule has 5 nitrogen and oxygen atoms in total. The van der Waals surface area contributed by atoms with Gasteiger partial charge in [-0.1, -0.05) is 25.5 Å². The molecule has 29 heavy (non-hydrogen) atoms. The molecule has 2 aromatic rings. The fourth-order valence-corrected chi connectivity index (χ4v) is 3.61. The van der Waals surface area contributed by atoms with Crippen molar-refractivity contribution in [2.45, 2.75) is 32.7 Å². The lowest BCUT2D eigenvalue weighted by Crippen LogP contribution is -2.30. The summed E-state index contributed by atoms with van der Waals surface area (Å²) in [5.41, 5.74) is 1.80. The maximum absolute atomic E-state index is 13.4. The van der Waals surface area contributed by atoms with Gasteiger partial charge in [0.15, 0.2) is 0 Å². The summed E-state index contributed by atoms with van der Waals surface area (Å²) in [6.45, 7) is 4.19. The zero-order chi connectivity index (χ0) is 21.1. The van der Waals surface area contributed by atoms with Crippen LogP contribution in [0.25, 0.3) is 5.76 Å². The van der Waals surface area contributed by atoms with Crippen LogP contribution in [-0.4, -0.2) is 35.4 Å². The molecule has 3 rings (SSSR count). The largest absolute Gasteiger partial charge is 0.507 e. The van der Waals surface area contributed by atoms with E-state index in [1.54, 1.807) is 25.3 Å². The van der Waals surface area contributed by atoms with Crippen LogP contribution in [0.4, 0.5) is 4.39 Å². The molecular formula is C23H24FNO4. The number of unbranched alkanes of at least 4 members (excludes halogenated alkanes) is 1. The predicted molar refractivity (Wildman–Crippen MR) is 108 cm³/mol. The summed E-state index contributed by atoms with van der Waals surface area (Å²) >= 11 is 0. The van der Waals surface area contributed by atoms with Crippen LogP contribution in [0.2, 0.25) is 0 Å². The Morgan fingerprint density at radius 2 is 1.86 bits per heavy atom. The summed E-state index contributed by atoms with van der Waals surface area (Å²) in [7, 11) is 1.55. The van der Waals surface area contributed by atoms with Gasteiger partial charge in [-0.25, -0.2) is 4.39 Å². The van der Waals surface area contributed by atoms with Crippen molar-refractivity contribution in [3.05, 3.63) is 70.5 Å². The van der Waals surface area contributed by atoms with Gasteiger partial charge in [0.2, 0.25) is 0 Å². The van der Waals surface area contributed by atoms with Crippen LogP contribution < -0.4 is 4.74 Å². The number of rotatable bonds is 6. The highest BCUT2D eigenvalue weighted by atomic mass is 19.1. The van der Waals surface area contributed by atoms with Gasteiger partial charge in [-0.15, -0.1) is 0 Å². The molecule has 1 saturated heterocycles. The number of amides is 1. The minimum Gasteiger partial charge on any atom is -0.507 e. The van der Waals surface area contributed by atoms with E-state index >= 15 is 0 Å². The van der Waals surface area contributed by atoms with E-state index in [9.17, 15) is 19.1 Å². The smallest absolute Gasteiger partial charge is 0.295 e. The number of halogens is 1. The van der Waals surface area contributed by atoms with Gasteiger partial charge in [-0.3, -0.25) is 9.59 Å². The average Bonchev–Trinajstić information content (AvgIpc) is 2.96.